The zero-order valence-corrected chi connectivity index (χ0v) is 6.42. The van der Waals surface area contributed by atoms with Crippen LogP contribution in [-0.2, 0) is 0 Å². The summed E-state index contributed by atoms with van der Waals surface area (Å²) >= 11 is 0. The van der Waals surface area contributed by atoms with Crippen molar-refractivity contribution in [2.75, 3.05) is 0 Å². The monoisotopic (exact) mass is 140 g/mol. The molecular weight excluding hydrogens is 124 g/mol. The zero-order chi connectivity index (χ0) is 6.97. The van der Waals surface area contributed by atoms with Crippen molar-refractivity contribution < 1.29 is 5.11 Å². The molecule has 3 atom stereocenters. The van der Waals surface area contributed by atoms with E-state index in [-0.39, 0.29) is 6.10 Å². The van der Waals surface area contributed by atoms with Crippen LogP contribution in [0.4, 0.5) is 0 Å². The predicted octanol–water partition coefficient (Wildman–Crippen LogP) is 1.95. The Morgan fingerprint density at radius 1 is 0.900 bits per heavy atom. The van der Waals surface area contributed by atoms with Gasteiger partial charge < -0.3 is 5.11 Å². The average molecular weight is 140 g/mol. The minimum absolute atomic E-state index is 0.0605. The highest BCUT2D eigenvalue weighted by Crippen LogP contribution is 2.41. The van der Waals surface area contributed by atoms with Crippen LogP contribution in [0.1, 0.15) is 38.5 Å². The van der Waals surface area contributed by atoms with Crippen molar-refractivity contribution >= 4 is 0 Å². The van der Waals surface area contributed by atoms with Gasteiger partial charge in [-0.25, -0.2) is 0 Å². The van der Waals surface area contributed by atoms with Crippen LogP contribution < -0.4 is 0 Å². The molecule has 10 heavy (non-hydrogen) atoms. The van der Waals surface area contributed by atoms with Crippen LogP contribution in [0.15, 0.2) is 0 Å². The summed E-state index contributed by atoms with van der Waals surface area (Å²) in [4.78, 5) is 0. The highest BCUT2D eigenvalue weighted by Gasteiger charge is 2.35. The minimum atomic E-state index is 0.0605. The van der Waals surface area contributed by atoms with Crippen LogP contribution in [0.3, 0.4) is 0 Å². The SMILES string of the molecule is O[C@@H]1CC[C@@H]2CCCC[C@@H]21. The van der Waals surface area contributed by atoms with E-state index in [2.05, 4.69) is 0 Å². The Balaban J connectivity index is 2.01. The van der Waals surface area contributed by atoms with Crippen molar-refractivity contribution in [3.05, 3.63) is 0 Å². The maximum atomic E-state index is 9.52. The number of aliphatic hydroxyl groups excluding tert-OH is 1. The summed E-state index contributed by atoms with van der Waals surface area (Å²) in [6.45, 7) is 0. The van der Waals surface area contributed by atoms with Gasteiger partial charge >= 0.3 is 0 Å². The fourth-order valence-electron chi connectivity index (χ4n) is 2.70. The molecule has 0 bridgehead atoms. The third kappa shape index (κ3) is 0.968. The highest BCUT2D eigenvalue weighted by molar-refractivity contribution is 4.86. The van der Waals surface area contributed by atoms with Crippen molar-refractivity contribution in [1.29, 1.82) is 0 Å². The second-order valence-corrected chi connectivity index (χ2v) is 3.85. The molecule has 0 aromatic carbocycles. The Morgan fingerprint density at radius 3 is 2.50 bits per heavy atom. The van der Waals surface area contributed by atoms with Crippen molar-refractivity contribution in [2.24, 2.45) is 11.8 Å². The number of hydrogen-bond acceptors (Lipinski definition) is 1. The number of aliphatic hydroxyl groups is 1. The molecule has 0 aromatic rings. The first-order valence-corrected chi connectivity index (χ1v) is 4.56. The lowest BCUT2D eigenvalue weighted by atomic mass is 9.81. The van der Waals surface area contributed by atoms with Gasteiger partial charge in [0.15, 0.2) is 0 Å². The molecule has 0 spiro atoms. The van der Waals surface area contributed by atoms with Gasteiger partial charge in [-0.15, -0.1) is 0 Å². The van der Waals surface area contributed by atoms with Gasteiger partial charge in [-0.05, 0) is 31.1 Å². The first kappa shape index (κ1) is 6.66. The molecule has 1 nitrogen and oxygen atoms in total. The molecule has 0 saturated heterocycles. The summed E-state index contributed by atoms with van der Waals surface area (Å²) < 4.78 is 0. The van der Waals surface area contributed by atoms with E-state index < -0.39 is 0 Å². The summed E-state index contributed by atoms with van der Waals surface area (Å²) in [6, 6.07) is 0. The molecule has 1 N–H and O–H groups in total. The summed E-state index contributed by atoms with van der Waals surface area (Å²) in [5.41, 5.74) is 0. The molecule has 0 amide bonds. The first-order valence-electron chi connectivity index (χ1n) is 4.56. The van der Waals surface area contributed by atoms with Gasteiger partial charge in [-0.3, -0.25) is 0 Å². The van der Waals surface area contributed by atoms with Gasteiger partial charge in [0.25, 0.3) is 0 Å². The Morgan fingerprint density at radius 2 is 1.70 bits per heavy atom. The molecular formula is C9H16O. The van der Waals surface area contributed by atoms with E-state index in [1.165, 1.54) is 32.1 Å². The van der Waals surface area contributed by atoms with Crippen LogP contribution in [0.5, 0.6) is 0 Å². The smallest absolute Gasteiger partial charge is 0.0571 e. The molecule has 0 radical (unpaired) electrons. The Bertz CT molecular complexity index is 120. The van der Waals surface area contributed by atoms with Gasteiger partial charge in [0.2, 0.25) is 0 Å². The van der Waals surface area contributed by atoms with E-state index in [9.17, 15) is 5.11 Å². The molecule has 2 aliphatic carbocycles. The van der Waals surface area contributed by atoms with Crippen LogP contribution in [0.2, 0.25) is 0 Å². The molecule has 1 heteroatoms. The first-order chi connectivity index (χ1) is 4.88. The van der Waals surface area contributed by atoms with Crippen LogP contribution in [0.25, 0.3) is 0 Å². The van der Waals surface area contributed by atoms with Crippen LogP contribution in [-0.4, -0.2) is 11.2 Å². The topological polar surface area (TPSA) is 20.2 Å². The fraction of sp³-hybridized carbons (Fsp3) is 1.00. The normalized spacial score (nSPS) is 47.1. The molecule has 58 valence electrons. The molecule has 0 aromatic heterocycles. The van der Waals surface area contributed by atoms with Crippen molar-refractivity contribution in [1.82, 2.24) is 0 Å². The predicted molar refractivity (Wildman–Crippen MR) is 40.7 cm³/mol. The second-order valence-electron chi connectivity index (χ2n) is 3.85. The lowest BCUT2D eigenvalue weighted by Crippen LogP contribution is -2.22. The lowest BCUT2D eigenvalue weighted by molar-refractivity contribution is 0.0963. The molecule has 2 fully saturated rings. The average Bonchev–Trinajstić information content (AvgIpc) is 2.34. The van der Waals surface area contributed by atoms with Crippen LogP contribution in [0, 0.1) is 11.8 Å². The minimum Gasteiger partial charge on any atom is -0.393 e. The second kappa shape index (κ2) is 2.54. The summed E-state index contributed by atoms with van der Waals surface area (Å²) in [7, 11) is 0. The van der Waals surface area contributed by atoms with Gasteiger partial charge in [0, 0.05) is 0 Å². The maximum Gasteiger partial charge on any atom is 0.0571 e. The zero-order valence-electron chi connectivity index (χ0n) is 6.42. The third-order valence-corrected chi connectivity index (χ3v) is 3.30. The standard InChI is InChI=1S/C9H16O/c10-9-6-5-7-3-1-2-4-8(7)9/h7-10H,1-6H2/t7-,8-,9+/m0/s1. The van der Waals surface area contributed by atoms with Gasteiger partial charge in [-0.2, -0.15) is 0 Å². The molecule has 2 rings (SSSR count). The maximum absolute atomic E-state index is 9.52. The summed E-state index contributed by atoms with van der Waals surface area (Å²) in [5.74, 6) is 1.58. The Kier molecular flexibility index (Phi) is 1.69. The van der Waals surface area contributed by atoms with E-state index in [4.69, 9.17) is 0 Å². The fourth-order valence-corrected chi connectivity index (χ4v) is 2.70. The molecule has 2 aliphatic rings. The Hall–Kier alpha value is -0.0400. The largest absolute Gasteiger partial charge is 0.393 e. The van der Waals surface area contributed by atoms with Crippen molar-refractivity contribution in [2.45, 2.75) is 44.6 Å². The number of rotatable bonds is 0. The quantitative estimate of drug-likeness (QED) is 0.545. The molecule has 0 heterocycles. The van der Waals surface area contributed by atoms with Gasteiger partial charge in [0.05, 0.1) is 6.10 Å². The van der Waals surface area contributed by atoms with E-state index in [0.29, 0.717) is 5.92 Å². The van der Waals surface area contributed by atoms with Crippen LogP contribution >= 0.6 is 0 Å². The summed E-state index contributed by atoms with van der Waals surface area (Å²) in [5, 5.41) is 9.52. The van der Waals surface area contributed by atoms with E-state index in [1.54, 1.807) is 0 Å². The third-order valence-electron chi connectivity index (χ3n) is 3.30. The van der Waals surface area contributed by atoms with Crippen molar-refractivity contribution in [3.63, 3.8) is 0 Å². The number of fused-ring (bicyclic) bond motifs is 1. The summed E-state index contributed by atoms with van der Waals surface area (Å²) in [6.07, 6.45) is 7.89. The van der Waals surface area contributed by atoms with Gasteiger partial charge in [0.1, 0.15) is 0 Å². The van der Waals surface area contributed by atoms with Crippen molar-refractivity contribution in [3.8, 4) is 0 Å². The lowest BCUT2D eigenvalue weighted by Gasteiger charge is -2.26. The highest BCUT2D eigenvalue weighted by atomic mass is 16.3. The van der Waals surface area contributed by atoms with E-state index >= 15 is 0 Å². The molecule has 2 saturated carbocycles. The van der Waals surface area contributed by atoms with E-state index in [1.807, 2.05) is 0 Å². The number of hydrogen-bond donors (Lipinski definition) is 1. The molecule has 0 aliphatic heterocycles. The van der Waals surface area contributed by atoms with Gasteiger partial charge in [-0.1, -0.05) is 19.3 Å². The van der Waals surface area contributed by atoms with E-state index in [0.717, 1.165) is 12.3 Å². The molecule has 0 unspecified atom stereocenters. The Labute approximate surface area is 62.4 Å².